The Kier molecular flexibility index (Phi) is 5.41. The number of likely N-dealkylation sites (tertiary alicyclic amines) is 2. The molecule has 2 fully saturated rings. The van der Waals surface area contributed by atoms with Crippen molar-refractivity contribution in [3.63, 3.8) is 0 Å². The Morgan fingerprint density at radius 1 is 1.30 bits per heavy atom. The van der Waals surface area contributed by atoms with Crippen molar-refractivity contribution < 1.29 is 9.53 Å². The number of halogens is 1. The molecule has 0 saturated carbocycles. The summed E-state index contributed by atoms with van der Waals surface area (Å²) in [6, 6.07) is 5.91. The highest BCUT2D eigenvalue weighted by Crippen LogP contribution is 2.27. The van der Waals surface area contributed by atoms with E-state index in [9.17, 15) is 4.79 Å². The zero-order valence-corrected chi connectivity index (χ0v) is 14.3. The van der Waals surface area contributed by atoms with Gasteiger partial charge in [0.15, 0.2) is 0 Å². The Balaban J connectivity index is 1.43. The predicted octanol–water partition coefficient (Wildman–Crippen LogP) is 2.46. The van der Waals surface area contributed by atoms with Crippen LogP contribution in [0.3, 0.4) is 0 Å². The minimum atomic E-state index is 0.00308. The molecule has 0 radical (unpaired) electrons. The Morgan fingerprint density at radius 3 is 2.70 bits per heavy atom. The van der Waals surface area contributed by atoms with Gasteiger partial charge in [-0.25, -0.2) is 0 Å². The van der Waals surface area contributed by atoms with Crippen LogP contribution < -0.4 is 10.1 Å². The van der Waals surface area contributed by atoms with Crippen molar-refractivity contribution in [2.75, 3.05) is 45.2 Å². The van der Waals surface area contributed by atoms with Crippen LogP contribution >= 0.6 is 11.6 Å². The molecule has 2 aliphatic heterocycles. The van der Waals surface area contributed by atoms with Gasteiger partial charge >= 0.3 is 0 Å². The quantitative estimate of drug-likeness (QED) is 0.896. The van der Waals surface area contributed by atoms with Gasteiger partial charge in [0.25, 0.3) is 0 Å². The molecule has 0 aliphatic carbocycles. The number of piperidine rings is 1. The standard InChI is InChI=1S/C17H24ClN3O2/c1-23-16-6-5-13(9-15(16)18)19-17(22)12-20-10-14(11-20)21-7-3-2-4-8-21/h5-6,9,14H,2-4,7-8,10-12H2,1H3,(H,19,22). The average Bonchev–Trinajstić information content (AvgIpc) is 2.51. The number of rotatable bonds is 5. The van der Waals surface area contributed by atoms with Gasteiger partial charge in [-0.2, -0.15) is 0 Å². The summed E-state index contributed by atoms with van der Waals surface area (Å²) >= 11 is 6.07. The lowest BCUT2D eigenvalue weighted by Gasteiger charge is -2.46. The summed E-state index contributed by atoms with van der Waals surface area (Å²) in [5.41, 5.74) is 0.703. The van der Waals surface area contributed by atoms with Crippen LogP contribution in [0.1, 0.15) is 19.3 Å². The molecular weight excluding hydrogens is 314 g/mol. The number of carbonyl (C=O) groups is 1. The van der Waals surface area contributed by atoms with Crippen LogP contribution in [0.5, 0.6) is 5.75 Å². The molecule has 1 amide bonds. The number of hydrogen-bond acceptors (Lipinski definition) is 4. The third kappa shape index (κ3) is 4.16. The number of benzene rings is 1. The van der Waals surface area contributed by atoms with E-state index in [0.717, 1.165) is 13.1 Å². The first-order valence-electron chi connectivity index (χ1n) is 8.25. The molecule has 0 aromatic heterocycles. The first-order valence-corrected chi connectivity index (χ1v) is 8.63. The molecule has 0 spiro atoms. The van der Waals surface area contributed by atoms with E-state index in [1.165, 1.54) is 32.4 Å². The lowest BCUT2D eigenvalue weighted by Crippen LogP contribution is -2.61. The maximum atomic E-state index is 12.1. The van der Waals surface area contributed by atoms with Crippen LogP contribution in [0.15, 0.2) is 18.2 Å². The van der Waals surface area contributed by atoms with E-state index in [4.69, 9.17) is 16.3 Å². The predicted molar refractivity (Wildman–Crippen MR) is 92.3 cm³/mol. The van der Waals surface area contributed by atoms with Crippen LogP contribution in [0.4, 0.5) is 5.69 Å². The molecule has 2 saturated heterocycles. The normalized spacial score (nSPS) is 20.1. The van der Waals surface area contributed by atoms with E-state index in [2.05, 4.69) is 15.1 Å². The van der Waals surface area contributed by atoms with E-state index in [1.54, 1.807) is 25.3 Å². The number of anilines is 1. The number of nitrogens with zero attached hydrogens (tertiary/aromatic N) is 2. The molecule has 3 rings (SSSR count). The minimum Gasteiger partial charge on any atom is -0.495 e. The van der Waals surface area contributed by atoms with Crippen LogP contribution in [0, 0.1) is 0 Å². The topological polar surface area (TPSA) is 44.8 Å². The molecule has 0 unspecified atom stereocenters. The van der Waals surface area contributed by atoms with Gasteiger partial charge in [-0.3, -0.25) is 14.6 Å². The van der Waals surface area contributed by atoms with E-state index in [-0.39, 0.29) is 5.91 Å². The van der Waals surface area contributed by atoms with Gasteiger partial charge in [0, 0.05) is 24.8 Å². The number of hydrogen-bond donors (Lipinski definition) is 1. The van der Waals surface area contributed by atoms with Gasteiger partial charge in [0.1, 0.15) is 5.75 Å². The molecule has 6 heteroatoms. The van der Waals surface area contributed by atoms with Gasteiger partial charge in [-0.15, -0.1) is 0 Å². The smallest absolute Gasteiger partial charge is 0.238 e. The lowest BCUT2D eigenvalue weighted by molar-refractivity contribution is -0.119. The first-order chi connectivity index (χ1) is 11.2. The van der Waals surface area contributed by atoms with Gasteiger partial charge in [0.2, 0.25) is 5.91 Å². The number of carbonyl (C=O) groups excluding carboxylic acids is 1. The maximum Gasteiger partial charge on any atom is 0.238 e. The molecule has 0 atom stereocenters. The molecule has 2 aliphatic rings. The van der Waals surface area contributed by atoms with E-state index in [0.29, 0.717) is 29.0 Å². The van der Waals surface area contributed by atoms with Crippen LogP contribution in [0.25, 0.3) is 0 Å². The zero-order valence-electron chi connectivity index (χ0n) is 13.6. The molecule has 1 aromatic carbocycles. The Labute approximate surface area is 142 Å². The molecule has 2 heterocycles. The van der Waals surface area contributed by atoms with Gasteiger partial charge < -0.3 is 10.1 Å². The summed E-state index contributed by atoms with van der Waals surface area (Å²) in [5.74, 6) is 0.611. The number of amides is 1. The monoisotopic (exact) mass is 337 g/mol. The Hall–Kier alpha value is -1.30. The van der Waals surface area contributed by atoms with Crippen molar-refractivity contribution in [1.82, 2.24) is 9.80 Å². The fourth-order valence-corrected chi connectivity index (χ4v) is 3.59. The summed E-state index contributed by atoms with van der Waals surface area (Å²) in [6.45, 7) is 4.87. The number of ether oxygens (including phenoxy) is 1. The summed E-state index contributed by atoms with van der Waals surface area (Å²) in [6.07, 6.45) is 3.99. The second-order valence-corrected chi connectivity index (χ2v) is 6.75. The van der Waals surface area contributed by atoms with Gasteiger partial charge in [-0.05, 0) is 44.1 Å². The Morgan fingerprint density at radius 2 is 2.04 bits per heavy atom. The van der Waals surface area contributed by atoms with Crippen LogP contribution in [-0.2, 0) is 4.79 Å². The number of methoxy groups -OCH3 is 1. The first kappa shape index (κ1) is 16.6. The molecule has 126 valence electrons. The molecular formula is C17H24ClN3O2. The van der Waals surface area contributed by atoms with Crippen molar-refractivity contribution in [3.05, 3.63) is 23.2 Å². The fraction of sp³-hybridized carbons (Fsp3) is 0.588. The molecule has 1 N–H and O–H groups in total. The summed E-state index contributed by atoms with van der Waals surface area (Å²) < 4.78 is 5.11. The van der Waals surface area contributed by atoms with Crippen molar-refractivity contribution in [2.24, 2.45) is 0 Å². The Bertz CT molecular complexity index is 555. The second kappa shape index (κ2) is 7.51. The minimum absolute atomic E-state index is 0.00308. The van der Waals surface area contributed by atoms with E-state index in [1.807, 2.05) is 0 Å². The summed E-state index contributed by atoms with van der Waals surface area (Å²) in [5, 5.41) is 3.39. The molecule has 23 heavy (non-hydrogen) atoms. The van der Waals surface area contributed by atoms with Gasteiger partial charge in [0.05, 0.1) is 18.7 Å². The van der Waals surface area contributed by atoms with Crippen molar-refractivity contribution in [1.29, 1.82) is 0 Å². The van der Waals surface area contributed by atoms with E-state index >= 15 is 0 Å². The van der Waals surface area contributed by atoms with Crippen LogP contribution in [-0.4, -0.2) is 61.6 Å². The van der Waals surface area contributed by atoms with Crippen molar-refractivity contribution in [3.8, 4) is 5.75 Å². The highest BCUT2D eigenvalue weighted by molar-refractivity contribution is 6.32. The molecule has 0 bridgehead atoms. The highest BCUT2D eigenvalue weighted by Gasteiger charge is 2.33. The largest absolute Gasteiger partial charge is 0.495 e. The van der Waals surface area contributed by atoms with Crippen LogP contribution in [0.2, 0.25) is 5.02 Å². The van der Waals surface area contributed by atoms with Crippen molar-refractivity contribution >= 4 is 23.2 Å². The van der Waals surface area contributed by atoms with Gasteiger partial charge in [-0.1, -0.05) is 18.0 Å². The third-order valence-electron chi connectivity index (χ3n) is 4.65. The second-order valence-electron chi connectivity index (χ2n) is 6.34. The lowest BCUT2D eigenvalue weighted by atomic mass is 10.0. The average molecular weight is 338 g/mol. The number of nitrogens with one attached hydrogen (secondary N) is 1. The molecule has 5 nitrogen and oxygen atoms in total. The fourth-order valence-electron chi connectivity index (χ4n) is 3.33. The van der Waals surface area contributed by atoms with E-state index < -0.39 is 0 Å². The maximum absolute atomic E-state index is 12.1. The summed E-state index contributed by atoms with van der Waals surface area (Å²) in [7, 11) is 1.57. The zero-order chi connectivity index (χ0) is 16.2. The third-order valence-corrected chi connectivity index (χ3v) is 4.94. The highest BCUT2D eigenvalue weighted by atomic mass is 35.5. The molecule has 1 aromatic rings. The summed E-state index contributed by atoms with van der Waals surface area (Å²) in [4.78, 5) is 16.9. The van der Waals surface area contributed by atoms with Crippen molar-refractivity contribution in [2.45, 2.75) is 25.3 Å². The SMILES string of the molecule is COc1ccc(NC(=O)CN2CC(N3CCCCC3)C2)cc1Cl.